The third-order valence-electron chi connectivity index (χ3n) is 11.8. The smallest absolute Gasteiger partial charge is 0.265 e. The van der Waals surface area contributed by atoms with Gasteiger partial charge in [-0.1, -0.05) is 47.5 Å². The number of aliphatic hydroxyl groups is 1. The number of carbonyl (C=O) groups is 3. The van der Waals surface area contributed by atoms with Crippen molar-refractivity contribution in [2.75, 3.05) is 58.2 Å². The van der Waals surface area contributed by atoms with E-state index >= 15 is 9.59 Å². The Morgan fingerprint density at radius 1 is 0.982 bits per heavy atom. The number of pyridine rings is 1. The molecule has 5 rings (SSSR count). The van der Waals surface area contributed by atoms with Crippen LogP contribution in [0.25, 0.3) is 5.76 Å². The number of hydrogen-bond acceptors (Lipinski definition) is 13. The lowest BCUT2D eigenvalue weighted by molar-refractivity contribution is -0.140. The standard InChI is InChI=1S/C42H66N6O8Si/c1-15-17-19-53-34-29-25(38(48(11)12)45-37(34)44-27(49)23-43-40(3,4)5)21-24-22-26-31(47(9)10)33-30(39(46-55-33)54-20-18-16-2)36(52)42(26,35(51)28(24)32(29)50)56-57(13,14)41(6,7)8/h24,26,31,43,50H,15-23H2,1-14H3,(H,44,45,49)/t24-,26-,31-,42-/m0/s1. The average Bonchev–Trinajstić information content (AvgIpc) is 3.51. The summed E-state index contributed by atoms with van der Waals surface area (Å²) >= 11 is 0. The number of amides is 1. The van der Waals surface area contributed by atoms with Crippen LogP contribution in [0.4, 0.5) is 11.6 Å². The van der Waals surface area contributed by atoms with Crippen LogP contribution < -0.4 is 25.0 Å². The molecule has 316 valence electrons. The molecule has 0 saturated heterocycles. The predicted octanol–water partition coefficient (Wildman–Crippen LogP) is 7.11. The number of aromatic nitrogens is 2. The Hall–Kier alpha value is -3.79. The first kappa shape index (κ1) is 44.3. The molecule has 2 aromatic heterocycles. The van der Waals surface area contributed by atoms with Crippen LogP contribution in [0.1, 0.15) is 121 Å². The maximum Gasteiger partial charge on any atom is 0.265 e. The van der Waals surface area contributed by atoms with E-state index in [1.807, 2.05) is 85.7 Å². The van der Waals surface area contributed by atoms with Gasteiger partial charge in [-0.2, -0.15) is 0 Å². The molecule has 0 aromatic carbocycles. The minimum atomic E-state index is -2.91. The SMILES string of the molecule is CCCCOc1noc2c1C(=O)[C@@]1(O[Si](C)(C)C(C)(C)C)C(=O)C3=C(O)c4c(c(N(C)C)nc(NC(=O)CNC(C)(C)C)c4OCCCC)C[C@H]3C[C@H]1[C@@H]2N(C)C. The summed E-state index contributed by atoms with van der Waals surface area (Å²) in [7, 11) is 4.57. The maximum atomic E-state index is 15.9. The van der Waals surface area contributed by atoms with Crippen molar-refractivity contribution in [3.8, 4) is 11.6 Å². The largest absolute Gasteiger partial charge is 0.507 e. The number of nitrogens with one attached hydrogen (secondary N) is 2. The molecule has 0 aliphatic heterocycles. The number of unbranched alkanes of at least 4 members (excludes halogenated alkanes) is 2. The highest BCUT2D eigenvalue weighted by atomic mass is 28.4. The van der Waals surface area contributed by atoms with Gasteiger partial charge < -0.3 is 39.1 Å². The summed E-state index contributed by atoms with van der Waals surface area (Å²) in [5, 5.41) is 22.7. The highest BCUT2D eigenvalue weighted by Gasteiger charge is 2.69. The van der Waals surface area contributed by atoms with E-state index in [-0.39, 0.29) is 69.5 Å². The predicted molar refractivity (Wildman–Crippen MR) is 224 cm³/mol. The third kappa shape index (κ3) is 8.26. The molecule has 3 N–H and O–H groups in total. The van der Waals surface area contributed by atoms with Gasteiger partial charge in [-0.3, -0.25) is 19.3 Å². The van der Waals surface area contributed by atoms with Crippen molar-refractivity contribution in [2.45, 2.75) is 129 Å². The van der Waals surface area contributed by atoms with Crippen LogP contribution in [0.2, 0.25) is 18.1 Å². The Morgan fingerprint density at radius 2 is 1.61 bits per heavy atom. The second kappa shape index (κ2) is 16.5. The number of aliphatic hydroxyl groups excluding tert-OH is 1. The number of ketones is 2. The van der Waals surface area contributed by atoms with Gasteiger partial charge in [0, 0.05) is 36.7 Å². The summed E-state index contributed by atoms with van der Waals surface area (Å²) in [5.41, 5.74) is -1.14. The number of hydrogen-bond donors (Lipinski definition) is 3. The van der Waals surface area contributed by atoms with E-state index in [0.717, 1.165) is 19.3 Å². The summed E-state index contributed by atoms with van der Waals surface area (Å²) < 4.78 is 25.7. The lowest BCUT2D eigenvalue weighted by atomic mass is 9.57. The number of anilines is 2. The molecule has 2 heterocycles. The van der Waals surface area contributed by atoms with E-state index < -0.39 is 43.4 Å². The molecule has 0 spiro atoms. The molecule has 57 heavy (non-hydrogen) atoms. The number of rotatable bonds is 15. The zero-order chi connectivity index (χ0) is 42.4. The normalized spacial score (nSPS) is 22.2. The number of carbonyl (C=O) groups excluding carboxylic acids is 3. The van der Waals surface area contributed by atoms with E-state index in [2.05, 4.69) is 36.6 Å². The summed E-state index contributed by atoms with van der Waals surface area (Å²) in [4.78, 5) is 53.4. The second-order valence-corrected chi connectivity index (χ2v) is 23.5. The van der Waals surface area contributed by atoms with Crippen molar-refractivity contribution < 1.29 is 37.9 Å². The Labute approximate surface area is 339 Å². The van der Waals surface area contributed by atoms with Gasteiger partial charge in [-0.25, -0.2) is 4.98 Å². The fourth-order valence-corrected chi connectivity index (χ4v) is 9.35. The second-order valence-electron chi connectivity index (χ2n) is 18.8. The zero-order valence-electron chi connectivity index (χ0n) is 36.7. The van der Waals surface area contributed by atoms with E-state index in [1.54, 1.807) is 0 Å². The number of nitrogens with zero attached hydrogens (tertiary/aromatic N) is 4. The first-order valence-corrected chi connectivity index (χ1v) is 23.4. The molecule has 0 radical (unpaired) electrons. The van der Waals surface area contributed by atoms with Crippen LogP contribution in [0.15, 0.2) is 10.1 Å². The molecule has 1 saturated carbocycles. The van der Waals surface area contributed by atoms with Crippen molar-refractivity contribution in [3.63, 3.8) is 0 Å². The van der Waals surface area contributed by atoms with E-state index in [9.17, 15) is 9.90 Å². The van der Waals surface area contributed by atoms with Crippen LogP contribution in [0.5, 0.6) is 11.6 Å². The maximum absolute atomic E-state index is 15.9. The van der Waals surface area contributed by atoms with E-state index in [4.69, 9.17) is 23.4 Å². The van der Waals surface area contributed by atoms with Crippen molar-refractivity contribution in [3.05, 3.63) is 28.0 Å². The van der Waals surface area contributed by atoms with Gasteiger partial charge in [0.1, 0.15) is 17.1 Å². The monoisotopic (exact) mass is 810 g/mol. The highest BCUT2D eigenvalue weighted by Crippen LogP contribution is 2.59. The van der Waals surface area contributed by atoms with Gasteiger partial charge in [0.2, 0.25) is 17.5 Å². The minimum Gasteiger partial charge on any atom is -0.507 e. The molecule has 3 aliphatic carbocycles. The van der Waals surface area contributed by atoms with Gasteiger partial charge in [0.25, 0.3) is 5.88 Å². The van der Waals surface area contributed by atoms with E-state index in [1.165, 1.54) is 0 Å². The van der Waals surface area contributed by atoms with Gasteiger partial charge in [0.15, 0.2) is 31.2 Å². The highest BCUT2D eigenvalue weighted by molar-refractivity contribution is 6.74. The summed E-state index contributed by atoms with van der Waals surface area (Å²) in [6.07, 6.45) is 3.80. The molecular weight excluding hydrogens is 745 g/mol. The topological polar surface area (TPSA) is 169 Å². The van der Waals surface area contributed by atoms with E-state index in [0.29, 0.717) is 43.0 Å². The van der Waals surface area contributed by atoms with Crippen molar-refractivity contribution in [2.24, 2.45) is 11.8 Å². The molecule has 14 nitrogen and oxygen atoms in total. The Morgan fingerprint density at radius 3 is 2.18 bits per heavy atom. The minimum absolute atomic E-state index is 0.0143. The third-order valence-corrected chi connectivity index (χ3v) is 16.3. The molecule has 1 fully saturated rings. The molecular formula is C42H66N6O8Si. The number of fused-ring (bicyclic) bond motifs is 4. The van der Waals surface area contributed by atoms with Crippen LogP contribution in [0, 0.1) is 11.8 Å². The fraction of sp³-hybridized carbons (Fsp3) is 0.690. The Balaban J connectivity index is 1.79. The van der Waals surface area contributed by atoms with Crippen LogP contribution in [-0.2, 0) is 20.4 Å². The molecule has 3 aliphatic rings. The Bertz CT molecular complexity index is 1890. The molecule has 0 bridgehead atoms. The lowest BCUT2D eigenvalue weighted by Crippen LogP contribution is -2.68. The van der Waals surface area contributed by atoms with Crippen molar-refractivity contribution in [1.82, 2.24) is 20.4 Å². The molecule has 1 amide bonds. The Kier molecular flexibility index (Phi) is 12.8. The van der Waals surface area contributed by atoms with Crippen LogP contribution >= 0.6 is 0 Å². The van der Waals surface area contributed by atoms with Crippen LogP contribution in [-0.4, -0.2) is 105 Å². The zero-order valence-corrected chi connectivity index (χ0v) is 37.7. The van der Waals surface area contributed by atoms with Gasteiger partial charge in [0.05, 0.1) is 31.4 Å². The average molecular weight is 811 g/mol. The molecule has 0 unspecified atom stereocenters. The molecule has 2 aromatic rings. The fourth-order valence-electron chi connectivity index (χ4n) is 7.90. The van der Waals surface area contributed by atoms with Crippen LogP contribution in [0.3, 0.4) is 0 Å². The quantitative estimate of drug-likeness (QED) is 0.0947. The van der Waals surface area contributed by atoms with Gasteiger partial charge >= 0.3 is 0 Å². The summed E-state index contributed by atoms with van der Waals surface area (Å²) in [6, 6.07) is -0.578. The van der Waals surface area contributed by atoms with Crippen molar-refractivity contribution in [1.29, 1.82) is 0 Å². The molecule has 15 heteroatoms. The van der Waals surface area contributed by atoms with Gasteiger partial charge in [-0.15, -0.1) is 0 Å². The number of ether oxygens (including phenoxy) is 2. The first-order valence-electron chi connectivity index (χ1n) is 20.5. The number of Topliss-reactive ketones (excluding diaryl/α,β-unsaturated/α-hetero) is 2. The van der Waals surface area contributed by atoms with Crippen molar-refractivity contribution >= 4 is 43.2 Å². The lowest BCUT2D eigenvalue weighted by Gasteiger charge is -2.55. The molecule has 4 atom stereocenters. The summed E-state index contributed by atoms with van der Waals surface area (Å²) in [5.74, 6) is -1.75. The first-order chi connectivity index (χ1) is 26.5. The van der Waals surface area contributed by atoms with Gasteiger partial charge in [-0.05, 0) is 89.8 Å². The summed E-state index contributed by atoms with van der Waals surface area (Å²) in [6.45, 7) is 20.9.